The molecule has 2 aromatic heterocycles. The van der Waals surface area contributed by atoms with Crippen LogP contribution in [0.15, 0.2) is 73.2 Å². The molecule has 4 aromatic rings. The minimum Gasteiger partial charge on any atom is -0.457 e. The zero-order valence-electron chi connectivity index (χ0n) is 20.0. The second kappa shape index (κ2) is 9.29. The van der Waals surface area contributed by atoms with Gasteiger partial charge in [-0.2, -0.15) is 4.98 Å². The van der Waals surface area contributed by atoms with Gasteiger partial charge in [-0.05, 0) is 76.1 Å². The molecule has 0 unspecified atom stereocenters. The van der Waals surface area contributed by atoms with E-state index in [-0.39, 0.29) is 18.2 Å². The van der Waals surface area contributed by atoms with Gasteiger partial charge in [-0.3, -0.25) is 0 Å². The molecule has 8 nitrogen and oxygen atoms in total. The van der Waals surface area contributed by atoms with E-state index in [1.165, 1.54) is 6.33 Å². The highest BCUT2D eigenvalue weighted by molar-refractivity contribution is 5.81. The first-order valence-electron chi connectivity index (χ1n) is 11.7. The molecule has 35 heavy (non-hydrogen) atoms. The average molecular weight is 473 g/mol. The predicted molar refractivity (Wildman–Crippen MR) is 132 cm³/mol. The summed E-state index contributed by atoms with van der Waals surface area (Å²) in [6.07, 6.45) is 4.71. The fourth-order valence-electron chi connectivity index (χ4n) is 4.06. The van der Waals surface area contributed by atoms with Gasteiger partial charge < -0.3 is 24.1 Å². The lowest BCUT2D eigenvalue weighted by atomic mass is 9.86. The standard InChI is InChI=1S/C27H28N4O4/c1-27(2,3)35-26(32)30-18-15-19(16-18)31-14-13-23-24(31)25(29-17-28-23)34-22-11-9-21(10-12-22)33-20-7-5-4-6-8-20/h4-14,17-19H,15-16H2,1-3H3,(H,30,32)/t18-,19-. The number of hydrogen-bond acceptors (Lipinski definition) is 6. The lowest BCUT2D eigenvalue weighted by molar-refractivity contribution is 0.0457. The van der Waals surface area contributed by atoms with Crippen molar-refractivity contribution in [3.63, 3.8) is 0 Å². The molecule has 1 N–H and O–H groups in total. The van der Waals surface area contributed by atoms with Crippen LogP contribution in [0.25, 0.3) is 11.0 Å². The summed E-state index contributed by atoms with van der Waals surface area (Å²) in [6.45, 7) is 5.56. The van der Waals surface area contributed by atoms with E-state index in [1.807, 2.05) is 87.6 Å². The lowest BCUT2D eigenvalue weighted by Crippen LogP contribution is -2.46. The van der Waals surface area contributed by atoms with Crippen LogP contribution in [0.3, 0.4) is 0 Å². The molecule has 2 heterocycles. The predicted octanol–water partition coefficient (Wildman–Crippen LogP) is 6.24. The minimum absolute atomic E-state index is 0.0680. The van der Waals surface area contributed by atoms with Crippen molar-refractivity contribution in [2.24, 2.45) is 0 Å². The Morgan fingerprint density at radius 2 is 1.57 bits per heavy atom. The third kappa shape index (κ3) is 5.37. The molecule has 0 atom stereocenters. The molecule has 0 spiro atoms. The van der Waals surface area contributed by atoms with Crippen molar-refractivity contribution in [3.05, 3.63) is 73.2 Å². The Labute approximate surface area is 203 Å². The number of aromatic nitrogens is 3. The van der Waals surface area contributed by atoms with Gasteiger partial charge in [0.05, 0.1) is 5.52 Å². The zero-order chi connectivity index (χ0) is 24.4. The Kier molecular flexibility index (Phi) is 6.03. The van der Waals surface area contributed by atoms with Crippen molar-refractivity contribution in [1.29, 1.82) is 0 Å². The normalized spacial score (nSPS) is 17.5. The SMILES string of the molecule is CC(C)(C)OC(=O)N[C@H]1C[C@H](n2ccc3ncnc(Oc4ccc(Oc5ccccc5)cc4)c32)C1. The van der Waals surface area contributed by atoms with Crippen molar-refractivity contribution in [3.8, 4) is 23.1 Å². The summed E-state index contributed by atoms with van der Waals surface area (Å²) in [5.74, 6) is 2.63. The Bertz CT molecular complexity index is 1310. The van der Waals surface area contributed by atoms with Crippen LogP contribution in [-0.4, -0.2) is 32.3 Å². The number of hydrogen-bond donors (Lipinski definition) is 1. The molecule has 1 aliphatic rings. The van der Waals surface area contributed by atoms with Gasteiger partial charge in [0, 0.05) is 18.3 Å². The van der Waals surface area contributed by atoms with Crippen molar-refractivity contribution in [2.45, 2.75) is 51.3 Å². The molecule has 0 bridgehead atoms. The van der Waals surface area contributed by atoms with E-state index in [1.54, 1.807) is 0 Å². The summed E-state index contributed by atoms with van der Waals surface area (Å²) in [5, 5.41) is 2.94. The Balaban J connectivity index is 1.27. The summed E-state index contributed by atoms with van der Waals surface area (Å²) in [6, 6.07) is 19.3. The number of amides is 1. The van der Waals surface area contributed by atoms with Crippen LogP contribution >= 0.6 is 0 Å². The molecular weight excluding hydrogens is 444 g/mol. The third-order valence-electron chi connectivity index (χ3n) is 5.71. The second-order valence-electron chi connectivity index (χ2n) is 9.59. The van der Waals surface area contributed by atoms with E-state index in [0.29, 0.717) is 11.6 Å². The maximum atomic E-state index is 12.1. The number of fused-ring (bicyclic) bond motifs is 1. The van der Waals surface area contributed by atoms with Gasteiger partial charge in [0.1, 0.15) is 34.7 Å². The highest BCUT2D eigenvalue weighted by Crippen LogP contribution is 2.38. The molecule has 1 fully saturated rings. The van der Waals surface area contributed by atoms with Gasteiger partial charge >= 0.3 is 6.09 Å². The summed E-state index contributed by atoms with van der Waals surface area (Å²) < 4.78 is 19.5. The maximum absolute atomic E-state index is 12.1. The van der Waals surface area contributed by atoms with Gasteiger partial charge in [0.2, 0.25) is 5.88 Å². The largest absolute Gasteiger partial charge is 0.457 e. The van der Waals surface area contributed by atoms with Crippen LogP contribution in [-0.2, 0) is 4.74 Å². The fourth-order valence-corrected chi connectivity index (χ4v) is 4.06. The smallest absolute Gasteiger partial charge is 0.407 e. The monoisotopic (exact) mass is 472 g/mol. The molecule has 2 aromatic carbocycles. The molecule has 5 rings (SSSR count). The van der Waals surface area contributed by atoms with Crippen molar-refractivity contribution in [2.75, 3.05) is 0 Å². The molecule has 1 saturated carbocycles. The van der Waals surface area contributed by atoms with Gasteiger partial charge in [-0.1, -0.05) is 18.2 Å². The van der Waals surface area contributed by atoms with Crippen LogP contribution in [0.2, 0.25) is 0 Å². The first-order chi connectivity index (χ1) is 16.8. The number of carbonyl (C=O) groups is 1. The summed E-state index contributed by atoms with van der Waals surface area (Å²) >= 11 is 0. The van der Waals surface area contributed by atoms with Crippen molar-refractivity contribution in [1.82, 2.24) is 19.9 Å². The van der Waals surface area contributed by atoms with Crippen LogP contribution < -0.4 is 14.8 Å². The van der Waals surface area contributed by atoms with Gasteiger partial charge in [-0.25, -0.2) is 9.78 Å². The molecule has 180 valence electrons. The van der Waals surface area contributed by atoms with E-state index in [9.17, 15) is 4.79 Å². The van der Waals surface area contributed by atoms with Crippen LogP contribution in [0.1, 0.15) is 39.7 Å². The Hall–Kier alpha value is -4.07. The molecule has 0 radical (unpaired) electrons. The molecule has 0 saturated heterocycles. The minimum atomic E-state index is -0.515. The average Bonchev–Trinajstić information content (AvgIpc) is 3.21. The number of benzene rings is 2. The highest BCUT2D eigenvalue weighted by Gasteiger charge is 2.34. The van der Waals surface area contributed by atoms with E-state index < -0.39 is 5.60 Å². The number of nitrogens with one attached hydrogen (secondary N) is 1. The van der Waals surface area contributed by atoms with Crippen molar-refractivity contribution >= 4 is 17.1 Å². The number of nitrogens with zero attached hydrogens (tertiary/aromatic N) is 3. The third-order valence-corrected chi connectivity index (χ3v) is 5.71. The van der Waals surface area contributed by atoms with Crippen LogP contribution in [0.5, 0.6) is 23.1 Å². The van der Waals surface area contributed by atoms with Gasteiger partial charge in [0.15, 0.2) is 0 Å². The quantitative estimate of drug-likeness (QED) is 0.357. The van der Waals surface area contributed by atoms with Gasteiger partial charge in [0.25, 0.3) is 0 Å². The highest BCUT2D eigenvalue weighted by atomic mass is 16.6. The first kappa shape index (κ1) is 22.7. The van der Waals surface area contributed by atoms with E-state index in [2.05, 4.69) is 19.9 Å². The number of ether oxygens (including phenoxy) is 3. The molecular formula is C27H28N4O4. The summed E-state index contributed by atoms with van der Waals surface area (Å²) in [7, 11) is 0. The molecule has 8 heteroatoms. The second-order valence-corrected chi connectivity index (χ2v) is 9.59. The number of carbonyl (C=O) groups excluding carboxylic acids is 1. The summed E-state index contributed by atoms with van der Waals surface area (Å²) in [5.41, 5.74) is 1.12. The van der Waals surface area contributed by atoms with Crippen LogP contribution in [0.4, 0.5) is 4.79 Å². The number of rotatable bonds is 6. The van der Waals surface area contributed by atoms with Crippen LogP contribution in [0, 0.1) is 0 Å². The fraction of sp³-hybridized carbons (Fsp3) is 0.296. The number of alkyl carbamates (subject to hydrolysis) is 1. The van der Waals surface area contributed by atoms with Gasteiger partial charge in [-0.15, -0.1) is 0 Å². The van der Waals surface area contributed by atoms with E-state index in [0.717, 1.165) is 35.4 Å². The zero-order valence-corrected chi connectivity index (χ0v) is 20.0. The maximum Gasteiger partial charge on any atom is 0.407 e. The molecule has 1 amide bonds. The number of para-hydroxylation sites is 1. The van der Waals surface area contributed by atoms with E-state index >= 15 is 0 Å². The summed E-state index contributed by atoms with van der Waals surface area (Å²) in [4.78, 5) is 20.9. The molecule has 0 aliphatic heterocycles. The first-order valence-corrected chi connectivity index (χ1v) is 11.7. The van der Waals surface area contributed by atoms with E-state index in [4.69, 9.17) is 14.2 Å². The van der Waals surface area contributed by atoms with Crippen molar-refractivity contribution < 1.29 is 19.0 Å². The Morgan fingerprint density at radius 1 is 0.914 bits per heavy atom. The lowest BCUT2D eigenvalue weighted by Gasteiger charge is -2.37. The topological polar surface area (TPSA) is 87.5 Å². The molecule has 1 aliphatic carbocycles. The Morgan fingerprint density at radius 3 is 2.26 bits per heavy atom.